The Morgan fingerprint density at radius 3 is 2.50 bits per heavy atom. The van der Waals surface area contributed by atoms with Gasteiger partial charge in [-0.1, -0.05) is 40.5 Å². The van der Waals surface area contributed by atoms with Crippen molar-refractivity contribution < 1.29 is 24.2 Å². The van der Waals surface area contributed by atoms with Gasteiger partial charge in [-0.3, -0.25) is 14.4 Å². The van der Waals surface area contributed by atoms with Crippen LogP contribution in [0.4, 0.5) is 0 Å². The van der Waals surface area contributed by atoms with Gasteiger partial charge < -0.3 is 25.4 Å². The molecule has 8 heteroatoms. The van der Waals surface area contributed by atoms with Crippen LogP contribution in [0.25, 0.3) is 0 Å². The molecule has 32 heavy (non-hydrogen) atoms. The molecule has 3 amide bonds. The fraction of sp³-hybridized carbons (Fsp3) is 0.875. The van der Waals surface area contributed by atoms with Crippen molar-refractivity contribution in [1.82, 2.24) is 15.5 Å². The van der Waals surface area contributed by atoms with Crippen molar-refractivity contribution in [2.75, 3.05) is 19.7 Å². The molecule has 3 N–H and O–H groups in total. The Kier molecular flexibility index (Phi) is 8.20. The van der Waals surface area contributed by atoms with E-state index >= 15 is 0 Å². The molecule has 0 radical (unpaired) electrons. The summed E-state index contributed by atoms with van der Waals surface area (Å²) in [5.41, 5.74) is -0.991. The third kappa shape index (κ3) is 4.40. The van der Waals surface area contributed by atoms with Gasteiger partial charge in [-0.2, -0.15) is 0 Å². The van der Waals surface area contributed by atoms with Crippen LogP contribution in [-0.4, -0.2) is 71.2 Å². The Morgan fingerprint density at radius 1 is 1.16 bits per heavy atom. The van der Waals surface area contributed by atoms with Gasteiger partial charge in [0.15, 0.2) is 0 Å². The van der Waals surface area contributed by atoms with Crippen molar-refractivity contribution in [2.24, 2.45) is 17.8 Å². The SMILES string of the molecule is CCCCCNC(=O)C1N([C@@H](CO)CC(C)C)C(=O)[C@@H]2[C@@H](C(=O)NCCC)[C@H]3CCC12O3. The molecule has 3 saturated heterocycles. The van der Waals surface area contributed by atoms with Crippen molar-refractivity contribution in [3.63, 3.8) is 0 Å². The molecule has 2 bridgehead atoms. The first-order chi connectivity index (χ1) is 15.3. The highest BCUT2D eigenvalue weighted by molar-refractivity contribution is 5.99. The summed E-state index contributed by atoms with van der Waals surface area (Å²) < 4.78 is 6.39. The van der Waals surface area contributed by atoms with Gasteiger partial charge in [-0.25, -0.2) is 0 Å². The minimum absolute atomic E-state index is 0.162. The molecule has 8 nitrogen and oxygen atoms in total. The van der Waals surface area contributed by atoms with Crippen LogP contribution >= 0.6 is 0 Å². The van der Waals surface area contributed by atoms with E-state index in [9.17, 15) is 19.5 Å². The van der Waals surface area contributed by atoms with E-state index in [0.29, 0.717) is 32.4 Å². The third-order valence-corrected chi connectivity index (χ3v) is 7.27. The topological polar surface area (TPSA) is 108 Å². The van der Waals surface area contributed by atoms with Crippen LogP contribution in [0.2, 0.25) is 0 Å². The first-order valence-electron chi connectivity index (χ1n) is 12.5. The maximum absolute atomic E-state index is 13.8. The number of ether oxygens (including phenoxy) is 1. The number of carbonyl (C=O) groups is 3. The fourth-order valence-electron chi connectivity index (χ4n) is 5.95. The number of fused-ring (bicyclic) bond motifs is 1. The molecule has 0 aliphatic carbocycles. The van der Waals surface area contributed by atoms with Gasteiger partial charge in [0.2, 0.25) is 17.7 Å². The van der Waals surface area contributed by atoms with Crippen molar-refractivity contribution >= 4 is 17.7 Å². The van der Waals surface area contributed by atoms with Crippen molar-refractivity contribution in [3.05, 3.63) is 0 Å². The number of nitrogens with zero attached hydrogens (tertiary/aromatic N) is 1. The van der Waals surface area contributed by atoms with Crippen LogP contribution in [0, 0.1) is 17.8 Å². The van der Waals surface area contributed by atoms with Crippen molar-refractivity contribution in [1.29, 1.82) is 0 Å². The summed E-state index contributed by atoms with van der Waals surface area (Å²) in [5.74, 6) is -1.63. The Balaban J connectivity index is 1.93. The van der Waals surface area contributed by atoms with E-state index in [1.165, 1.54) is 0 Å². The van der Waals surface area contributed by atoms with Gasteiger partial charge in [-0.05, 0) is 38.0 Å². The average Bonchev–Trinajstić information content (AvgIpc) is 3.40. The van der Waals surface area contributed by atoms with Gasteiger partial charge in [0.05, 0.1) is 30.6 Å². The summed E-state index contributed by atoms with van der Waals surface area (Å²) >= 11 is 0. The van der Waals surface area contributed by atoms with E-state index in [1.807, 2.05) is 20.8 Å². The lowest BCUT2D eigenvalue weighted by atomic mass is 9.70. The Bertz CT molecular complexity index is 699. The van der Waals surface area contributed by atoms with Crippen LogP contribution < -0.4 is 10.6 Å². The zero-order valence-electron chi connectivity index (χ0n) is 20.1. The number of aliphatic hydroxyl groups excluding tert-OH is 1. The van der Waals surface area contributed by atoms with Gasteiger partial charge in [-0.15, -0.1) is 0 Å². The predicted octanol–water partition coefficient (Wildman–Crippen LogP) is 1.60. The van der Waals surface area contributed by atoms with Crippen LogP contribution in [0.3, 0.4) is 0 Å². The quantitative estimate of drug-likeness (QED) is 0.391. The van der Waals surface area contributed by atoms with E-state index in [0.717, 1.165) is 25.7 Å². The zero-order chi connectivity index (χ0) is 23.5. The summed E-state index contributed by atoms with van der Waals surface area (Å²) in [6.45, 7) is 9.03. The number of carbonyl (C=O) groups excluding carboxylic acids is 3. The van der Waals surface area contributed by atoms with Crippen LogP contribution in [-0.2, 0) is 19.1 Å². The lowest BCUT2D eigenvalue weighted by Crippen LogP contribution is -2.58. The average molecular weight is 452 g/mol. The summed E-state index contributed by atoms with van der Waals surface area (Å²) in [7, 11) is 0. The smallest absolute Gasteiger partial charge is 0.245 e. The maximum Gasteiger partial charge on any atom is 0.245 e. The molecule has 3 rings (SSSR count). The number of likely N-dealkylation sites (tertiary alicyclic amines) is 1. The number of nitrogens with one attached hydrogen (secondary N) is 2. The number of aliphatic hydroxyl groups is 1. The third-order valence-electron chi connectivity index (χ3n) is 7.27. The molecule has 2 unspecified atom stereocenters. The second kappa shape index (κ2) is 10.5. The molecule has 0 aromatic carbocycles. The molecule has 3 fully saturated rings. The molecule has 3 aliphatic rings. The largest absolute Gasteiger partial charge is 0.394 e. The molecule has 0 aromatic rings. The lowest BCUT2D eigenvalue weighted by Gasteiger charge is -2.37. The highest BCUT2D eigenvalue weighted by atomic mass is 16.5. The number of amides is 3. The van der Waals surface area contributed by atoms with Gasteiger partial charge in [0.25, 0.3) is 0 Å². The maximum atomic E-state index is 13.8. The molecule has 6 atom stereocenters. The Labute approximate surface area is 191 Å². The number of hydrogen-bond acceptors (Lipinski definition) is 5. The molecule has 1 spiro atoms. The standard InChI is InChI=1S/C24H41N3O5/c1-5-7-8-12-26-22(30)20-24-10-9-17(32-24)18(21(29)25-11-6-2)19(24)23(31)27(20)16(14-28)13-15(3)4/h15-20,28H,5-14H2,1-4H3,(H,25,29)(H,26,30)/t16-,17-,18+,19+,20?,24?/m1/s1. The number of hydrogen-bond donors (Lipinski definition) is 3. The number of unbranched alkanes of at least 4 members (excludes halogenated alkanes) is 2. The summed E-state index contributed by atoms with van der Waals surface area (Å²) in [5, 5.41) is 16.1. The van der Waals surface area contributed by atoms with Crippen molar-refractivity contribution in [2.45, 2.75) is 96.4 Å². The van der Waals surface area contributed by atoms with Crippen LogP contribution in [0.5, 0.6) is 0 Å². The zero-order valence-corrected chi connectivity index (χ0v) is 20.1. The Morgan fingerprint density at radius 2 is 1.88 bits per heavy atom. The molecule has 182 valence electrons. The van der Waals surface area contributed by atoms with Crippen LogP contribution in [0.15, 0.2) is 0 Å². The second-order valence-electron chi connectivity index (χ2n) is 10.1. The Hall–Kier alpha value is -1.67. The molecule has 0 aromatic heterocycles. The van der Waals surface area contributed by atoms with Gasteiger partial charge in [0.1, 0.15) is 11.6 Å². The fourth-order valence-corrected chi connectivity index (χ4v) is 5.95. The molecule has 0 saturated carbocycles. The minimum Gasteiger partial charge on any atom is -0.394 e. The molecule has 3 heterocycles. The molecular weight excluding hydrogens is 410 g/mol. The first kappa shape index (κ1) is 25.0. The lowest BCUT2D eigenvalue weighted by molar-refractivity contribution is -0.146. The van der Waals surface area contributed by atoms with Crippen LogP contribution in [0.1, 0.15) is 72.6 Å². The van der Waals surface area contributed by atoms with Gasteiger partial charge >= 0.3 is 0 Å². The summed E-state index contributed by atoms with van der Waals surface area (Å²) in [6.07, 6.45) is 5.24. The van der Waals surface area contributed by atoms with E-state index in [2.05, 4.69) is 17.6 Å². The summed E-state index contributed by atoms with van der Waals surface area (Å²) in [6, 6.07) is -1.29. The van der Waals surface area contributed by atoms with E-state index < -0.39 is 29.5 Å². The van der Waals surface area contributed by atoms with Crippen molar-refractivity contribution in [3.8, 4) is 0 Å². The summed E-state index contributed by atoms with van der Waals surface area (Å²) in [4.78, 5) is 41.9. The first-order valence-corrected chi connectivity index (χ1v) is 12.5. The minimum atomic E-state index is -0.991. The number of rotatable bonds is 12. The predicted molar refractivity (Wildman–Crippen MR) is 121 cm³/mol. The van der Waals surface area contributed by atoms with E-state index in [1.54, 1.807) is 4.90 Å². The normalized spacial score (nSPS) is 31.8. The van der Waals surface area contributed by atoms with Gasteiger partial charge in [0, 0.05) is 13.1 Å². The molecular formula is C24H41N3O5. The van der Waals surface area contributed by atoms with E-state index in [-0.39, 0.29) is 36.4 Å². The highest BCUT2D eigenvalue weighted by Crippen LogP contribution is 2.58. The van der Waals surface area contributed by atoms with E-state index in [4.69, 9.17) is 4.74 Å². The second-order valence-corrected chi connectivity index (χ2v) is 10.1. The molecule has 3 aliphatic heterocycles. The highest BCUT2D eigenvalue weighted by Gasteiger charge is 2.74. The monoisotopic (exact) mass is 451 g/mol.